The molecule has 8 heteroatoms. The first-order valence-corrected chi connectivity index (χ1v) is 9.89. The van der Waals surface area contributed by atoms with Crippen molar-refractivity contribution in [2.75, 3.05) is 32.8 Å². The molecule has 1 aliphatic rings. The highest BCUT2D eigenvalue weighted by Crippen LogP contribution is 2.22. The van der Waals surface area contributed by atoms with Crippen LogP contribution in [0.1, 0.15) is 38.8 Å². The topological polar surface area (TPSA) is 105 Å². The molecule has 1 saturated heterocycles. The average Bonchev–Trinajstić information content (AvgIpc) is 2.64. The zero-order valence-electron chi connectivity index (χ0n) is 16.9. The number of carbonyl (C=O) groups is 2. The van der Waals surface area contributed by atoms with E-state index in [2.05, 4.69) is 22.3 Å². The fraction of sp³-hybridized carbons (Fsp3) is 0.600. The van der Waals surface area contributed by atoms with E-state index in [1.54, 1.807) is 0 Å². The first kappa shape index (κ1) is 24.4. The second-order valence-electron chi connectivity index (χ2n) is 7.17. The Morgan fingerprint density at radius 3 is 2.25 bits per heavy atom. The molecule has 1 aliphatic heterocycles. The van der Waals surface area contributed by atoms with Crippen LogP contribution in [0.15, 0.2) is 24.3 Å². The van der Waals surface area contributed by atoms with Crippen LogP contribution in [-0.2, 0) is 14.3 Å². The van der Waals surface area contributed by atoms with E-state index in [1.165, 1.54) is 12.5 Å². The van der Waals surface area contributed by atoms with Gasteiger partial charge in [-0.25, -0.2) is 4.79 Å². The Labute approximate surface area is 172 Å². The third kappa shape index (κ3) is 9.01. The highest BCUT2D eigenvalue weighted by Gasteiger charge is 2.21. The normalized spacial score (nSPS) is 16.6. The number of nitrogens with two attached hydrogens (primary N) is 1. The van der Waals surface area contributed by atoms with Crippen molar-refractivity contribution >= 4 is 23.5 Å². The maximum Gasteiger partial charge on any atom is 0.326 e. The number of ether oxygens (including phenoxy) is 1. The number of carboxylic acid groups (broad SMARTS) is 1. The predicted molar refractivity (Wildman–Crippen MR) is 110 cm³/mol. The molecule has 0 spiro atoms. The molecule has 0 aliphatic carbocycles. The molecule has 158 valence electrons. The van der Waals surface area contributed by atoms with E-state index < -0.39 is 12.0 Å². The number of nitrogens with zero attached hydrogens (tertiary/aromatic N) is 1. The number of amides is 1. The number of carboxylic acids is 1. The molecule has 1 heterocycles. The van der Waals surface area contributed by atoms with Crippen molar-refractivity contribution in [1.82, 2.24) is 10.2 Å². The van der Waals surface area contributed by atoms with Gasteiger partial charge in [-0.2, -0.15) is 0 Å². The van der Waals surface area contributed by atoms with Gasteiger partial charge in [-0.15, -0.1) is 0 Å². The fourth-order valence-electron chi connectivity index (χ4n) is 3.01. The average molecular weight is 414 g/mol. The van der Waals surface area contributed by atoms with Gasteiger partial charge in [0.2, 0.25) is 5.91 Å². The molecule has 1 unspecified atom stereocenters. The lowest BCUT2D eigenvalue weighted by atomic mass is 10.0. The van der Waals surface area contributed by atoms with Gasteiger partial charge in [-0.05, 0) is 30.0 Å². The summed E-state index contributed by atoms with van der Waals surface area (Å²) in [4.78, 5) is 23.5. The zero-order chi connectivity index (χ0) is 21.1. The Hall–Kier alpha value is -1.67. The lowest BCUT2D eigenvalue weighted by Crippen LogP contribution is -2.41. The zero-order valence-corrected chi connectivity index (χ0v) is 17.6. The fourth-order valence-corrected chi connectivity index (χ4v) is 3.13. The Morgan fingerprint density at radius 1 is 1.25 bits per heavy atom. The summed E-state index contributed by atoms with van der Waals surface area (Å²) in [7, 11) is 0. The summed E-state index contributed by atoms with van der Waals surface area (Å²) in [6, 6.07) is 7.47. The SMILES string of the molecule is CC(=O)N[C@@H](CC(C)C)C(=O)O.NCC(c1ccc(Cl)cc1)N1CCOCC1. The quantitative estimate of drug-likeness (QED) is 0.633. The summed E-state index contributed by atoms with van der Waals surface area (Å²) in [5.74, 6) is -1.01. The van der Waals surface area contributed by atoms with Gasteiger partial charge < -0.3 is 20.9 Å². The summed E-state index contributed by atoms with van der Waals surface area (Å²) in [6.07, 6.45) is 0.467. The van der Waals surface area contributed by atoms with Crippen LogP contribution >= 0.6 is 11.6 Å². The van der Waals surface area contributed by atoms with Crippen molar-refractivity contribution in [3.8, 4) is 0 Å². The number of hydrogen-bond acceptors (Lipinski definition) is 5. The molecule has 1 amide bonds. The monoisotopic (exact) mass is 413 g/mol. The van der Waals surface area contributed by atoms with Crippen molar-refractivity contribution in [2.24, 2.45) is 11.7 Å². The molecule has 0 radical (unpaired) electrons. The van der Waals surface area contributed by atoms with Crippen molar-refractivity contribution < 1.29 is 19.4 Å². The number of halogens is 1. The minimum atomic E-state index is -0.973. The number of nitrogens with one attached hydrogen (secondary N) is 1. The molecule has 4 N–H and O–H groups in total. The number of carbonyl (C=O) groups excluding carboxylic acids is 1. The molecular weight excluding hydrogens is 382 g/mol. The molecule has 1 aromatic rings. The van der Waals surface area contributed by atoms with Crippen molar-refractivity contribution in [2.45, 2.75) is 39.3 Å². The van der Waals surface area contributed by atoms with Gasteiger partial charge in [0.15, 0.2) is 0 Å². The van der Waals surface area contributed by atoms with Gasteiger partial charge in [-0.3, -0.25) is 9.69 Å². The summed E-state index contributed by atoms with van der Waals surface area (Å²) in [6.45, 7) is 9.26. The third-order valence-corrected chi connectivity index (χ3v) is 4.60. The molecule has 0 bridgehead atoms. The largest absolute Gasteiger partial charge is 0.480 e. The van der Waals surface area contributed by atoms with Gasteiger partial charge in [0.25, 0.3) is 0 Å². The molecule has 28 heavy (non-hydrogen) atoms. The molecule has 0 aromatic heterocycles. The number of hydrogen-bond donors (Lipinski definition) is 3. The Morgan fingerprint density at radius 2 is 1.82 bits per heavy atom. The summed E-state index contributed by atoms with van der Waals surface area (Å²) in [5, 5.41) is 11.8. The highest BCUT2D eigenvalue weighted by molar-refractivity contribution is 6.30. The first-order chi connectivity index (χ1) is 13.2. The predicted octanol–water partition coefficient (Wildman–Crippen LogP) is 2.29. The van der Waals surface area contributed by atoms with E-state index in [9.17, 15) is 9.59 Å². The minimum Gasteiger partial charge on any atom is -0.480 e. The molecule has 2 atom stereocenters. The van der Waals surface area contributed by atoms with E-state index >= 15 is 0 Å². The van der Waals surface area contributed by atoms with E-state index in [1.807, 2.05) is 26.0 Å². The van der Waals surface area contributed by atoms with Crippen molar-refractivity contribution in [3.05, 3.63) is 34.9 Å². The van der Waals surface area contributed by atoms with Gasteiger partial charge in [-0.1, -0.05) is 37.6 Å². The van der Waals surface area contributed by atoms with Crippen LogP contribution < -0.4 is 11.1 Å². The highest BCUT2D eigenvalue weighted by atomic mass is 35.5. The molecule has 7 nitrogen and oxygen atoms in total. The second-order valence-corrected chi connectivity index (χ2v) is 7.61. The van der Waals surface area contributed by atoms with Crippen LogP contribution in [0.4, 0.5) is 0 Å². The van der Waals surface area contributed by atoms with Crippen molar-refractivity contribution in [3.63, 3.8) is 0 Å². The van der Waals surface area contributed by atoms with E-state index in [0.29, 0.717) is 13.0 Å². The Kier molecular flexibility index (Phi) is 11.1. The summed E-state index contributed by atoms with van der Waals surface area (Å²) in [5.41, 5.74) is 7.09. The molecule has 1 aromatic carbocycles. The maximum atomic E-state index is 10.6. The molecule has 0 saturated carbocycles. The van der Waals surface area contributed by atoms with E-state index in [4.69, 9.17) is 27.2 Å². The maximum absolute atomic E-state index is 10.6. The smallest absolute Gasteiger partial charge is 0.326 e. The number of rotatable bonds is 7. The number of benzene rings is 1. The van der Waals surface area contributed by atoms with Crippen LogP contribution in [-0.4, -0.2) is 60.8 Å². The van der Waals surface area contributed by atoms with E-state index in [-0.39, 0.29) is 17.9 Å². The van der Waals surface area contributed by atoms with Gasteiger partial charge in [0, 0.05) is 37.6 Å². The van der Waals surface area contributed by atoms with E-state index in [0.717, 1.165) is 31.3 Å². The van der Waals surface area contributed by atoms with Gasteiger partial charge in [0.1, 0.15) is 6.04 Å². The summed E-state index contributed by atoms with van der Waals surface area (Å²) < 4.78 is 5.35. The summed E-state index contributed by atoms with van der Waals surface area (Å²) >= 11 is 5.88. The van der Waals surface area contributed by atoms with Crippen LogP contribution in [0.2, 0.25) is 5.02 Å². The minimum absolute atomic E-state index is 0.262. The standard InChI is InChI=1S/C12H17ClN2O.C8H15NO3/c13-11-3-1-10(2-4-11)12(9-14)15-5-7-16-8-6-15;1-5(2)4-7(8(11)12)9-6(3)10/h1-4,12H,5-9,14H2;5,7H,4H2,1-3H3,(H,9,10)(H,11,12)/t;7-/m.0/s1. The lowest BCUT2D eigenvalue weighted by molar-refractivity contribution is -0.142. The molecule has 2 rings (SSSR count). The second kappa shape index (κ2) is 12.7. The van der Waals surface area contributed by atoms with Crippen molar-refractivity contribution in [1.29, 1.82) is 0 Å². The first-order valence-electron chi connectivity index (χ1n) is 9.51. The lowest BCUT2D eigenvalue weighted by Gasteiger charge is -2.34. The van der Waals surface area contributed by atoms with Gasteiger partial charge >= 0.3 is 5.97 Å². The Bertz CT molecular complexity index is 604. The molecule has 1 fully saturated rings. The van der Waals surface area contributed by atoms with Crippen LogP contribution in [0.3, 0.4) is 0 Å². The van der Waals surface area contributed by atoms with Gasteiger partial charge in [0.05, 0.1) is 13.2 Å². The molecular formula is C20H32ClN3O4. The number of morpholine rings is 1. The van der Waals surface area contributed by atoms with Crippen LogP contribution in [0.5, 0.6) is 0 Å². The van der Waals surface area contributed by atoms with Crippen LogP contribution in [0.25, 0.3) is 0 Å². The van der Waals surface area contributed by atoms with Crippen LogP contribution in [0, 0.1) is 5.92 Å². The Balaban J connectivity index is 0.000000295. The third-order valence-electron chi connectivity index (χ3n) is 4.35. The number of aliphatic carboxylic acids is 1.